The molecular weight excluding hydrogens is 352 g/mol. The van der Waals surface area contributed by atoms with E-state index in [1.165, 1.54) is 0 Å². The van der Waals surface area contributed by atoms with Crippen molar-refractivity contribution >= 4 is 11.6 Å². The van der Waals surface area contributed by atoms with Crippen LogP contribution in [0.5, 0.6) is 0 Å². The van der Waals surface area contributed by atoms with Crippen molar-refractivity contribution in [2.75, 3.05) is 26.2 Å². The topological polar surface area (TPSA) is 58.5 Å². The Morgan fingerprint density at radius 1 is 1.04 bits per heavy atom. The molecule has 1 aliphatic rings. The van der Waals surface area contributed by atoms with Crippen LogP contribution in [0.4, 0.5) is 0 Å². The van der Waals surface area contributed by atoms with E-state index in [0.717, 1.165) is 62.2 Å². The van der Waals surface area contributed by atoms with Crippen LogP contribution in [0.25, 0.3) is 11.3 Å². The Kier molecular flexibility index (Phi) is 5.06. The second-order valence-corrected chi connectivity index (χ2v) is 6.99. The van der Waals surface area contributed by atoms with E-state index in [2.05, 4.69) is 19.9 Å². The molecule has 6 nitrogen and oxygen atoms in total. The van der Waals surface area contributed by atoms with E-state index in [0.29, 0.717) is 10.9 Å². The summed E-state index contributed by atoms with van der Waals surface area (Å²) in [6.07, 6.45) is 0. The molecule has 0 unspecified atom stereocenters. The second-order valence-electron chi connectivity index (χ2n) is 6.56. The van der Waals surface area contributed by atoms with Crippen molar-refractivity contribution < 1.29 is 8.94 Å². The quantitative estimate of drug-likeness (QED) is 0.682. The van der Waals surface area contributed by atoms with Gasteiger partial charge in [0.15, 0.2) is 5.82 Å². The molecule has 0 radical (unpaired) electrons. The maximum Gasteiger partial charge on any atom is 0.223 e. The lowest BCUT2D eigenvalue weighted by molar-refractivity contribution is 0.113. The molecule has 2 aromatic heterocycles. The summed E-state index contributed by atoms with van der Waals surface area (Å²) in [5.74, 6) is 3.20. The van der Waals surface area contributed by atoms with Crippen molar-refractivity contribution in [2.45, 2.75) is 20.0 Å². The molecule has 7 heteroatoms. The first-order chi connectivity index (χ1) is 12.7. The van der Waals surface area contributed by atoms with Crippen LogP contribution in [0.3, 0.4) is 0 Å². The number of hydrogen-bond acceptors (Lipinski definition) is 6. The smallest absolute Gasteiger partial charge is 0.223 e. The number of aromatic nitrogens is 2. The molecule has 0 saturated carbocycles. The molecule has 0 N–H and O–H groups in total. The van der Waals surface area contributed by atoms with Crippen LogP contribution in [0, 0.1) is 6.92 Å². The van der Waals surface area contributed by atoms with Crippen LogP contribution < -0.4 is 0 Å². The van der Waals surface area contributed by atoms with Crippen LogP contribution in [0.1, 0.15) is 17.5 Å². The molecule has 1 saturated heterocycles. The lowest BCUT2D eigenvalue weighted by Gasteiger charge is -2.33. The Bertz CT molecular complexity index is 868. The van der Waals surface area contributed by atoms with Gasteiger partial charge in [0.2, 0.25) is 5.89 Å². The lowest BCUT2D eigenvalue weighted by Crippen LogP contribution is -2.45. The minimum Gasteiger partial charge on any atom is -0.460 e. The Morgan fingerprint density at radius 3 is 2.50 bits per heavy atom. The zero-order chi connectivity index (χ0) is 17.9. The van der Waals surface area contributed by atoms with Gasteiger partial charge in [-0.15, -0.1) is 0 Å². The highest BCUT2D eigenvalue weighted by molar-refractivity contribution is 6.30. The molecule has 0 bridgehead atoms. The summed E-state index contributed by atoms with van der Waals surface area (Å²) in [5, 5.41) is 4.68. The van der Waals surface area contributed by atoms with Crippen molar-refractivity contribution in [1.82, 2.24) is 19.9 Å². The highest BCUT2D eigenvalue weighted by atomic mass is 35.5. The number of furan rings is 1. The zero-order valence-electron chi connectivity index (χ0n) is 14.7. The van der Waals surface area contributed by atoms with Gasteiger partial charge >= 0.3 is 0 Å². The van der Waals surface area contributed by atoms with E-state index in [4.69, 9.17) is 20.5 Å². The normalized spacial score (nSPS) is 16.2. The molecule has 136 valence electrons. The van der Waals surface area contributed by atoms with Gasteiger partial charge in [-0.05, 0) is 24.3 Å². The van der Waals surface area contributed by atoms with E-state index >= 15 is 0 Å². The van der Waals surface area contributed by atoms with E-state index in [1.807, 2.05) is 43.3 Å². The molecule has 0 aliphatic carbocycles. The molecule has 0 amide bonds. The highest BCUT2D eigenvalue weighted by Crippen LogP contribution is 2.25. The number of benzene rings is 1. The van der Waals surface area contributed by atoms with Crippen molar-refractivity contribution in [1.29, 1.82) is 0 Å². The van der Waals surface area contributed by atoms with Gasteiger partial charge in [-0.25, -0.2) is 0 Å². The fourth-order valence-corrected chi connectivity index (χ4v) is 3.38. The first-order valence-electron chi connectivity index (χ1n) is 8.74. The molecule has 0 spiro atoms. The lowest BCUT2D eigenvalue weighted by atomic mass is 10.2. The summed E-state index contributed by atoms with van der Waals surface area (Å²) < 4.78 is 11.0. The summed E-state index contributed by atoms with van der Waals surface area (Å²) in [5.41, 5.74) is 1.00. The van der Waals surface area contributed by atoms with E-state index in [1.54, 1.807) is 0 Å². The average Bonchev–Trinajstić information content (AvgIpc) is 3.26. The molecule has 0 atom stereocenters. The standard InChI is InChI=1S/C19H21ClN4O2/c1-14-21-19(22-26-14)13-24-9-7-23(8-10-24)12-17-5-6-18(25-17)15-3-2-4-16(20)11-15/h2-6,11H,7-10,12-13H2,1H3. The SMILES string of the molecule is Cc1nc(CN2CCN(Cc3ccc(-c4cccc(Cl)c4)o3)CC2)no1. The van der Waals surface area contributed by atoms with Gasteiger partial charge in [0, 0.05) is 43.7 Å². The number of piperazine rings is 1. The van der Waals surface area contributed by atoms with E-state index in [9.17, 15) is 0 Å². The maximum absolute atomic E-state index is 6.06. The third-order valence-electron chi connectivity index (χ3n) is 4.55. The first kappa shape index (κ1) is 17.3. The predicted molar refractivity (Wildman–Crippen MR) is 98.7 cm³/mol. The highest BCUT2D eigenvalue weighted by Gasteiger charge is 2.19. The fraction of sp³-hybridized carbons (Fsp3) is 0.368. The average molecular weight is 373 g/mol. The molecule has 3 aromatic rings. The summed E-state index contributed by atoms with van der Waals surface area (Å²) in [7, 11) is 0. The van der Waals surface area contributed by atoms with E-state index < -0.39 is 0 Å². The Balaban J connectivity index is 1.30. The van der Waals surface area contributed by atoms with Crippen LogP contribution in [-0.4, -0.2) is 46.1 Å². The number of aryl methyl sites for hydroxylation is 1. The second kappa shape index (κ2) is 7.61. The summed E-state index contributed by atoms with van der Waals surface area (Å²) in [4.78, 5) is 9.02. The summed E-state index contributed by atoms with van der Waals surface area (Å²) >= 11 is 6.06. The third kappa shape index (κ3) is 4.15. The van der Waals surface area contributed by atoms with Gasteiger partial charge in [-0.3, -0.25) is 9.80 Å². The minimum absolute atomic E-state index is 0.618. The van der Waals surface area contributed by atoms with Gasteiger partial charge in [-0.1, -0.05) is 28.9 Å². The molecule has 1 aliphatic heterocycles. The van der Waals surface area contributed by atoms with Crippen LogP contribution in [-0.2, 0) is 13.1 Å². The Morgan fingerprint density at radius 2 is 1.81 bits per heavy atom. The van der Waals surface area contributed by atoms with Gasteiger partial charge in [0.1, 0.15) is 11.5 Å². The predicted octanol–water partition coefficient (Wildman–Crippen LogP) is 3.61. The number of hydrogen-bond donors (Lipinski definition) is 0. The third-order valence-corrected chi connectivity index (χ3v) is 4.78. The van der Waals surface area contributed by atoms with Crippen LogP contribution in [0.15, 0.2) is 45.3 Å². The molecule has 4 rings (SSSR count). The number of halogens is 1. The first-order valence-corrected chi connectivity index (χ1v) is 9.12. The van der Waals surface area contributed by atoms with Gasteiger partial charge in [0.05, 0.1) is 13.1 Å². The number of rotatable bonds is 5. The molecule has 1 fully saturated rings. The van der Waals surface area contributed by atoms with Crippen molar-refractivity contribution in [3.05, 3.63) is 58.9 Å². The zero-order valence-corrected chi connectivity index (χ0v) is 15.4. The summed E-state index contributed by atoms with van der Waals surface area (Å²) in [6.45, 7) is 7.31. The van der Waals surface area contributed by atoms with E-state index in [-0.39, 0.29) is 0 Å². The molecule has 26 heavy (non-hydrogen) atoms. The van der Waals surface area contributed by atoms with Crippen LogP contribution >= 0.6 is 11.6 Å². The van der Waals surface area contributed by atoms with Crippen LogP contribution in [0.2, 0.25) is 5.02 Å². The fourth-order valence-electron chi connectivity index (χ4n) is 3.19. The largest absolute Gasteiger partial charge is 0.460 e. The van der Waals surface area contributed by atoms with Crippen molar-refractivity contribution in [2.24, 2.45) is 0 Å². The molecular formula is C19H21ClN4O2. The van der Waals surface area contributed by atoms with Crippen molar-refractivity contribution in [3.63, 3.8) is 0 Å². The Labute approximate surface area is 157 Å². The Hall–Kier alpha value is -2.15. The van der Waals surface area contributed by atoms with Crippen molar-refractivity contribution in [3.8, 4) is 11.3 Å². The minimum atomic E-state index is 0.618. The number of nitrogens with zero attached hydrogens (tertiary/aromatic N) is 4. The summed E-state index contributed by atoms with van der Waals surface area (Å²) in [6, 6.07) is 11.8. The monoisotopic (exact) mass is 372 g/mol. The van der Waals surface area contributed by atoms with Gasteiger partial charge in [0.25, 0.3) is 0 Å². The maximum atomic E-state index is 6.06. The molecule has 3 heterocycles. The van der Waals surface area contributed by atoms with Gasteiger partial charge in [-0.2, -0.15) is 4.98 Å². The van der Waals surface area contributed by atoms with Gasteiger partial charge < -0.3 is 8.94 Å². The molecule has 1 aromatic carbocycles.